The molecule has 1 aromatic rings. The zero-order valence-electron chi connectivity index (χ0n) is 15.3. The normalized spacial score (nSPS) is 13.5. The van der Waals surface area contributed by atoms with E-state index in [0.717, 1.165) is 25.7 Å². The van der Waals surface area contributed by atoms with Crippen LogP contribution in [0.15, 0.2) is 29.2 Å². The van der Waals surface area contributed by atoms with E-state index in [1.165, 1.54) is 12.1 Å². The van der Waals surface area contributed by atoms with Gasteiger partial charge in [0.05, 0.1) is 4.90 Å². The molecule has 0 radical (unpaired) electrons. The third-order valence-corrected chi connectivity index (χ3v) is 5.42. The average Bonchev–Trinajstić information content (AvgIpc) is 2.46. The lowest BCUT2D eigenvalue weighted by molar-refractivity contribution is -0.120. The number of hydrogen-bond acceptors (Lipinski definition) is 3. The molecule has 0 saturated carbocycles. The van der Waals surface area contributed by atoms with E-state index in [1.807, 2.05) is 6.92 Å². The first kappa shape index (κ1) is 20.6. The van der Waals surface area contributed by atoms with Crippen LogP contribution in [0.1, 0.15) is 60.3 Å². The number of carbonyl (C=O) groups is 1. The SMILES string of the molecule is CCCCC(CC)C(=O)Nc1ccc(S(=O)(=O)NC(C)(C)C)cc1. The molecular formula is C18H30N2O3S. The van der Waals surface area contributed by atoms with Crippen molar-refractivity contribution in [3.8, 4) is 0 Å². The molecule has 1 aromatic carbocycles. The fraction of sp³-hybridized carbons (Fsp3) is 0.611. The molecule has 0 aromatic heterocycles. The van der Waals surface area contributed by atoms with Crippen molar-refractivity contribution in [2.75, 3.05) is 5.32 Å². The molecule has 0 aliphatic rings. The average molecular weight is 355 g/mol. The van der Waals surface area contributed by atoms with Crippen LogP contribution in [0.25, 0.3) is 0 Å². The molecule has 1 atom stereocenters. The van der Waals surface area contributed by atoms with E-state index in [1.54, 1.807) is 32.9 Å². The Hall–Kier alpha value is -1.40. The number of benzene rings is 1. The Bertz CT molecular complexity index is 631. The van der Waals surface area contributed by atoms with Gasteiger partial charge in [-0.1, -0.05) is 26.7 Å². The highest BCUT2D eigenvalue weighted by Gasteiger charge is 2.22. The van der Waals surface area contributed by atoms with Gasteiger partial charge >= 0.3 is 0 Å². The van der Waals surface area contributed by atoms with Gasteiger partial charge in [0.2, 0.25) is 15.9 Å². The molecule has 0 saturated heterocycles. The number of hydrogen-bond donors (Lipinski definition) is 2. The number of unbranched alkanes of at least 4 members (excludes halogenated alkanes) is 1. The fourth-order valence-corrected chi connectivity index (χ4v) is 3.81. The molecule has 5 nitrogen and oxygen atoms in total. The third kappa shape index (κ3) is 6.61. The lowest BCUT2D eigenvalue weighted by atomic mass is 9.98. The van der Waals surface area contributed by atoms with E-state index in [4.69, 9.17) is 0 Å². The quantitative estimate of drug-likeness (QED) is 0.743. The maximum absolute atomic E-state index is 12.3. The molecule has 0 bridgehead atoms. The highest BCUT2D eigenvalue weighted by Crippen LogP contribution is 2.19. The molecule has 1 rings (SSSR count). The molecule has 0 fully saturated rings. The first-order valence-corrected chi connectivity index (χ1v) is 10.0. The van der Waals surface area contributed by atoms with E-state index < -0.39 is 15.6 Å². The van der Waals surface area contributed by atoms with Crippen molar-refractivity contribution in [2.45, 2.75) is 70.7 Å². The van der Waals surface area contributed by atoms with Crippen LogP contribution < -0.4 is 10.0 Å². The summed E-state index contributed by atoms with van der Waals surface area (Å²) in [5, 5.41) is 2.87. The Morgan fingerprint density at radius 1 is 1.12 bits per heavy atom. The maximum Gasteiger partial charge on any atom is 0.241 e. The molecule has 136 valence electrons. The summed E-state index contributed by atoms with van der Waals surface area (Å²) < 4.78 is 27.1. The molecule has 2 N–H and O–H groups in total. The van der Waals surface area contributed by atoms with Crippen LogP contribution in [0.2, 0.25) is 0 Å². The van der Waals surface area contributed by atoms with Crippen LogP contribution in [0.5, 0.6) is 0 Å². The Morgan fingerprint density at radius 2 is 1.71 bits per heavy atom. The van der Waals surface area contributed by atoms with Gasteiger partial charge < -0.3 is 5.32 Å². The van der Waals surface area contributed by atoms with Crippen LogP contribution in [0.4, 0.5) is 5.69 Å². The molecular weight excluding hydrogens is 324 g/mol. The summed E-state index contributed by atoms with van der Waals surface area (Å²) in [5.41, 5.74) is 0.0731. The van der Waals surface area contributed by atoms with E-state index >= 15 is 0 Å². The van der Waals surface area contributed by atoms with Crippen molar-refractivity contribution >= 4 is 21.6 Å². The lowest BCUT2D eigenvalue weighted by Crippen LogP contribution is -2.40. The van der Waals surface area contributed by atoms with Crippen molar-refractivity contribution in [3.05, 3.63) is 24.3 Å². The molecule has 0 spiro atoms. The number of carbonyl (C=O) groups excluding carboxylic acids is 1. The van der Waals surface area contributed by atoms with Gasteiger partial charge in [-0.25, -0.2) is 13.1 Å². The molecule has 1 unspecified atom stereocenters. The Kier molecular flexibility index (Phi) is 7.42. The second-order valence-electron chi connectivity index (χ2n) is 7.12. The largest absolute Gasteiger partial charge is 0.326 e. The van der Waals surface area contributed by atoms with Crippen LogP contribution in [-0.2, 0) is 14.8 Å². The van der Waals surface area contributed by atoms with Crippen LogP contribution in [0, 0.1) is 5.92 Å². The number of sulfonamides is 1. The first-order chi connectivity index (χ1) is 11.1. The van der Waals surface area contributed by atoms with Crippen molar-refractivity contribution in [3.63, 3.8) is 0 Å². The Morgan fingerprint density at radius 3 is 2.17 bits per heavy atom. The minimum Gasteiger partial charge on any atom is -0.326 e. The van der Waals surface area contributed by atoms with Gasteiger partial charge in [-0.3, -0.25) is 4.79 Å². The van der Waals surface area contributed by atoms with Crippen LogP contribution in [-0.4, -0.2) is 19.9 Å². The third-order valence-electron chi connectivity index (χ3n) is 3.64. The van der Waals surface area contributed by atoms with Gasteiger partial charge in [0, 0.05) is 17.1 Å². The van der Waals surface area contributed by atoms with Gasteiger partial charge in [0.15, 0.2) is 0 Å². The fourth-order valence-electron chi connectivity index (χ4n) is 2.39. The highest BCUT2D eigenvalue weighted by atomic mass is 32.2. The summed E-state index contributed by atoms with van der Waals surface area (Å²) in [6, 6.07) is 6.27. The van der Waals surface area contributed by atoms with E-state index in [-0.39, 0.29) is 16.7 Å². The highest BCUT2D eigenvalue weighted by molar-refractivity contribution is 7.89. The summed E-state index contributed by atoms with van der Waals surface area (Å²) in [7, 11) is -3.56. The maximum atomic E-state index is 12.3. The zero-order valence-corrected chi connectivity index (χ0v) is 16.2. The monoisotopic (exact) mass is 354 g/mol. The van der Waals surface area contributed by atoms with Crippen LogP contribution >= 0.6 is 0 Å². The van der Waals surface area contributed by atoms with Crippen molar-refractivity contribution in [1.29, 1.82) is 0 Å². The van der Waals surface area contributed by atoms with E-state index in [9.17, 15) is 13.2 Å². The molecule has 24 heavy (non-hydrogen) atoms. The molecule has 0 aliphatic heterocycles. The molecule has 0 aliphatic carbocycles. The lowest BCUT2D eigenvalue weighted by Gasteiger charge is -2.20. The van der Waals surface area contributed by atoms with Crippen molar-refractivity contribution in [2.24, 2.45) is 5.92 Å². The zero-order chi connectivity index (χ0) is 18.4. The summed E-state index contributed by atoms with van der Waals surface area (Å²) in [5.74, 6) is -0.00899. The summed E-state index contributed by atoms with van der Waals surface area (Å²) in [4.78, 5) is 12.5. The number of nitrogens with one attached hydrogen (secondary N) is 2. The predicted molar refractivity (Wildman–Crippen MR) is 98.5 cm³/mol. The molecule has 0 heterocycles. The van der Waals surface area contributed by atoms with Crippen molar-refractivity contribution < 1.29 is 13.2 Å². The van der Waals surface area contributed by atoms with Crippen molar-refractivity contribution in [1.82, 2.24) is 4.72 Å². The smallest absolute Gasteiger partial charge is 0.241 e. The van der Waals surface area contributed by atoms with Gasteiger partial charge in [0.1, 0.15) is 0 Å². The predicted octanol–water partition coefficient (Wildman–Crippen LogP) is 3.92. The second kappa shape index (κ2) is 8.62. The minimum absolute atomic E-state index is 0.00378. The Balaban J connectivity index is 2.79. The number of amides is 1. The second-order valence-corrected chi connectivity index (χ2v) is 8.80. The minimum atomic E-state index is -3.56. The summed E-state index contributed by atoms with van der Waals surface area (Å²) in [6.07, 6.45) is 3.77. The summed E-state index contributed by atoms with van der Waals surface area (Å²) in [6.45, 7) is 9.49. The van der Waals surface area contributed by atoms with Gasteiger partial charge in [0.25, 0.3) is 0 Å². The van der Waals surface area contributed by atoms with E-state index in [0.29, 0.717) is 5.69 Å². The molecule has 6 heteroatoms. The number of rotatable bonds is 8. The summed E-state index contributed by atoms with van der Waals surface area (Å²) >= 11 is 0. The van der Waals surface area contributed by atoms with Crippen LogP contribution in [0.3, 0.4) is 0 Å². The van der Waals surface area contributed by atoms with Gasteiger partial charge in [-0.05, 0) is 57.9 Å². The van der Waals surface area contributed by atoms with E-state index in [2.05, 4.69) is 17.0 Å². The standard InChI is InChI=1S/C18H30N2O3S/c1-6-8-9-14(7-2)17(21)19-15-10-12-16(13-11-15)24(22,23)20-18(3,4)5/h10-14,20H,6-9H2,1-5H3,(H,19,21). The van der Waals surface area contributed by atoms with Gasteiger partial charge in [-0.15, -0.1) is 0 Å². The molecule has 1 amide bonds. The topological polar surface area (TPSA) is 75.3 Å². The van der Waals surface area contributed by atoms with Gasteiger partial charge in [-0.2, -0.15) is 0 Å². The first-order valence-electron chi connectivity index (χ1n) is 8.54. The Labute approximate surface area is 146 Å². The number of anilines is 1.